The molecule has 0 amide bonds. The van der Waals surface area contributed by atoms with Gasteiger partial charge >= 0.3 is 0 Å². The summed E-state index contributed by atoms with van der Waals surface area (Å²) < 4.78 is 11.3. The summed E-state index contributed by atoms with van der Waals surface area (Å²) in [4.78, 5) is 22.1. The van der Waals surface area contributed by atoms with E-state index in [4.69, 9.17) is 8.83 Å². The van der Waals surface area contributed by atoms with Crippen LogP contribution in [0.1, 0.15) is 45.1 Å². The predicted molar refractivity (Wildman–Crippen MR) is 117 cm³/mol. The molecule has 31 heavy (non-hydrogen) atoms. The van der Waals surface area contributed by atoms with E-state index in [0.717, 1.165) is 36.5 Å². The van der Waals surface area contributed by atoms with Crippen LogP contribution in [0.5, 0.6) is 0 Å². The first-order valence-corrected chi connectivity index (χ1v) is 10.3. The molecule has 4 nitrogen and oxygen atoms in total. The second kappa shape index (κ2) is 6.54. The van der Waals surface area contributed by atoms with E-state index in [9.17, 15) is 9.59 Å². The second-order valence-corrected chi connectivity index (χ2v) is 8.12. The molecule has 2 heterocycles. The maximum atomic E-state index is 11.0. The first-order valence-electron chi connectivity index (χ1n) is 10.3. The van der Waals surface area contributed by atoms with Crippen molar-refractivity contribution in [2.24, 2.45) is 0 Å². The summed E-state index contributed by atoms with van der Waals surface area (Å²) in [6.07, 6.45) is 7.79. The molecule has 0 radical (unpaired) electrons. The fourth-order valence-electron chi connectivity index (χ4n) is 5.04. The van der Waals surface area contributed by atoms with Crippen molar-refractivity contribution in [3.05, 3.63) is 95.5 Å². The summed E-state index contributed by atoms with van der Waals surface area (Å²) in [6.45, 7) is 0. The molecule has 0 unspecified atom stereocenters. The van der Waals surface area contributed by atoms with Crippen LogP contribution in [-0.4, -0.2) is 12.6 Å². The van der Waals surface area contributed by atoms with Crippen LogP contribution in [0, 0.1) is 0 Å². The van der Waals surface area contributed by atoms with Gasteiger partial charge in [0.05, 0.1) is 0 Å². The van der Waals surface area contributed by atoms with Gasteiger partial charge in [-0.1, -0.05) is 36.4 Å². The molecule has 4 aromatic rings. The van der Waals surface area contributed by atoms with E-state index in [1.807, 2.05) is 24.3 Å². The fraction of sp³-hybridized carbons (Fsp3) is 0.111. The van der Waals surface area contributed by atoms with E-state index in [1.54, 1.807) is 12.1 Å². The van der Waals surface area contributed by atoms with Gasteiger partial charge in [-0.15, -0.1) is 0 Å². The van der Waals surface area contributed by atoms with Crippen LogP contribution in [0.15, 0.2) is 81.7 Å². The van der Waals surface area contributed by atoms with Gasteiger partial charge in [0.15, 0.2) is 24.1 Å². The standard InChI is InChI=1S/C27H18O4/c28-15-19-5-9-25(30-19)17-3-7-21-22-8-4-18(26-10-6-20(16-29)31-26)14-24(22)27(23(21)13-17)11-1-2-12-27/h1-10,13-16H,11-12H2. The molecule has 0 aliphatic heterocycles. The molecule has 2 aromatic heterocycles. The highest BCUT2D eigenvalue weighted by Crippen LogP contribution is 2.56. The van der Waals surface area contributed by atoms with Crippen molar-refractivity contribution in [3.63, 3.8) is 0 Å². The van der Waals surface area contributed by atoms with Gasteiger partial charge in [-0.2, -0.15) is 0 Å². The minimum atomic E-state index is -0.128. The minimum absolute atomic E-state index is 0.128. The Morgan fingerprint density at radius 2 is 1.13 bits per heavy atom. The number of furan rings is 2. The number of hydrogen-bond donors (Lipinski definition) is 0. The zero-order chi connectivity index (χ0) is 21.0. The lowest BCUT2D eigenvalue weighted by atomic mass is 9.75. The lowest BCUT2D eigenvalue weighted by molar-refractivity contribution is 0.109. The quantitative estimate of drug-likeness (QED) is 0.289. The zero-order valence-corrected chi connectivity index (χ0v) is 16.6. The highest BCUT2D eigenvalue weighted by atomic mass is 16.3. The highest BCUT2D eigenvalue weighted by molar-refractivity contribution is 5.86. The van der Waals surface area contributed by atoms with Gasteiger partial charge in [0.2, 0.25) is 0 Å². The van der Waals surface area contributed by atoms with E-state index in [1.165, 1.54) is 22.3 Å². The van der Waals surface area contributed by atoms with E-state index in [0.29, 0.717) is 23.0 Å². The van der Waals surface area contributed by atoms with Gasteiger partial charge in [-0.05, 0) is 71.5 Å². The van der Waals surface area contributed by atoms with Crippen LogP contribution in [0.25, 0.3) is 33.8 Å². The Morgan fingerprint density at radius 1 is 0.645 bits per heavy atom. The second-order valence-electron chi connectivity index (χ2n) is 8.12. The van der Waals surface area contributed by atoms with E-state index in [-0.39, 0.29) is 5.41 Å². The van der Waals surface area contributed by atoms with Gasteiger partial charge in [0.1, 0.15) is 11.5 Å². The van der Waals surface area contributed by atoms with Crippen LogP contribution in [0.3, 0.4) is 0 Å². The number of rotatable bonds is 4. The molecule has 0 N–H and O–H groups in total. The maximum absolute atomic E-state index is 11.0. The molecule has 0 saturated carbocycles. The van der Waals surface area contributed by atoms with Gasteiger partial charge in [0.25, 0.3) is 0 Å². The van der Waals surface area contributed by atoms with Crippen molar-refractivity contribution in [2.75, 3.05) is 0 Å². The predicted octanol–water partition coefficient (Wildman–Crippen LogP) is 6.45. The average Bonchev–Trinajstić information content (AvgIpc) is 3.61. The van der Waals surface area contributed by atoms with Crippen LogP contribution >= 0.6 is 0 Å². The van der Waals surface area contributed by atoms with Crippen LogP contribution < -0.4 is 0 Å². The molecule has 2 aliphatic carbocycles. The fourth-order valence-corrected chi connectivity index (χ4v) is 5.04. The zero-order valence-electron chi connectivity index (χ0n) is 16.6. The molecule has 0 fully saturated rings. The molecule has 4 heteroatoms. The smallest absolute Gasteiger partial charge is 0.185 e. The molecule has 150 valence electrons. The summed E-state index contributed by atoms with van der Waals surface area (Å²) >= 11 is 0. The summed E-state index contributed by atoms with van der Waals surface area (Å²) in [5.41, 5.74) is 6.81. The lowest BCUT2D eigenvalue weighted by Gasteiger charge is -2.27. The monoisotopic (exact) mass is 406 g/mol. The molecular formula is C27H18O4. The van der Waals surface area contributed by atoms with Gasteiger partial charge in [-0.3, -0.25) is 9.59 Å². The average molecular weight is 406 g/mol. The SMILES string of the molecule is O=Cc1ccc(-c2ccc3c(c2)C2(CC=CC2)c2cc(-c4ccc(C=O)o4)ccc2-3)o1. The van der Waals surface area contributed by atoms with Crippen LogP contribution in [0.4, 0.5) is 0 Å². The van der Waals surface area contributed by atoms with Crippen molar-refractivity contribution in [3.8, 4) is 33.8 Å². The van der Waals surface area contributed by atoms with Crippen molar-refractivity contribution in [1.29, 1.82) is 0 Å². The number of allylic oxidation sites excluding steroid dienone is 2. The molecule has 2 aliphatic rings. The molecule has 0 atom stereocenters. The first kappa shape index (κ1) is 17.9. The summed E-state index contributed by atoms with van der Waals surface area (Å²) in [5, 5.41) is 0. The van der Waals surface area contributed by atoms with Crippen molar-refractivity contribution in [2.45, 2.75) is 18.3 Å². The summed E-state index contributed by atoms with van der Waals surface area (Å²) in [7, 11) is 0. The molecule has 0 bridgehead atoms. The van der Waals surface area contributed by atoms with E-state index < -0.39 is 0 Å². The van der Waals surface area contributed by atoms with Gasteiger partial charge in [-0.25, -0.2) is 0 Å². The minimum Gasteiger partial charge on any atom is -0.453 e. The van der Waals surface area contributed by atoms with Crippen molar-refractivity contribution < 1.29 is 18.4 Å². The number of hydrogen-bond acceptors (Lipinski definition) is 4. The van der Waals surface area contributed by atoms with Gasteiger partial charge < -0.3 is 8.83 Å². The molecule has 1 spiro atoms. The topological polar surface area (TPSA) is 60.4 Å². The van der Waals surface area contributed by atoms with Crippen molar-refractivity contribution >= 4 is 12.6 Å². The Balaban J connectivity index is 1.50. The third kappa shape index (κ3) is 2.55. The number of carbonyl (C=O) groups is 2. The number of benzene rings is 2. The summed E-state index contributed by atoms with van der Waals surface area (Å²) in [6, 6.07) is 19.9. The Bertz CT molecular complexity index is 1280. The van der Waals surface area contributed by atoms with E-state index >= 15 is 0 Å². The molecule has 0 saturated heterocycles. The highest BCUT2D eigenvalue weighted by Gasteiger charge is 2.43. The third-order valence-corrected chi connectivity index (χ3v) is 6.51. The van der Waals surface area contributed by atoms with Crippen LogP contribution in [0.2, 0.25) is 0 Å². The third-order valence-electron chi connectivity index (χ3n) is 6.51. The van der Waals surface area contributed by atoms with E-state index in [2.05, 4.69) is 36.4 Å². The Labute approximate surface area is 178 Å². The lowest BCUT2D eigenvalue weighted by Crippen LogP contribution is -2.21. The van der Waals surface area contributed by atoms with Crippen LogP contribution in [-0.2, 0) is 5.41 Å². The Hall–Kier alpha value is -3.92. The van der Waals surface area contributed by atoms with Gasteiger partial charge in [0, 0.05) is 16.5 Å². The van der Waals surface area contributed by atoms with Crippen molar-refractivity contribution in [1.82, 2.24) is 0 Å². The number of aldehydes is 2. The summed E-state index contributed by atoms with van der Waals surface area (Å²) in [5.74, 6) is 2.04. The first-order chi connectivity index (χ1) is 15.2. The molecular weight excluding hydrogens is 388 g/mol. The molecule has 6 rings (SSSR count). The Kier molecular flexibility index (Phi) is 3.78. The largest absolute Gasteiger partial charge is 0.453 e. The number of carbonyl (C=O) groups excluding carboxylic acids is 2. The number of fused-ring (bicyclic) bond motifs is 5. The molecule has 2 aromatic carbocycles. The maximum Gasteiger partial charge on any atom is 0.185 e. The Morgan fingerprint density at radius 3 is 1.55 bits per heavy atom. The normalized spacial score (nSPS) is 15.2.